The summed E-state index contributed by atoms with van der Waals surface area (Å²) in [4.78, 5) is 8.71. The molecule has 0 spiro atoms. The van der Waals surface area contributed by atoms with Crippen LogP contribution < -0.4 is 15.4 Å². The highest BCUT2D eigenvalue weighted by molar-refractivity contribution is 7.79. The van der Waals surface area contributed by atoms with Crippen LogP contribution in [0.1, 0.15) is 0 Å². The normalized spacial score (nSPS) is 11.7. The summed E-state index contributed by atoms with van der Waals surface area (Å²) >= 11 is 4.02. The Balaban J connectivity index is 1.90. The Morgan fingerprint density at radius 1 is 1.08 bits per heavy atom. The van der Waals surface area contributed by atoms with Gasteiger partial charge in [-0.15, -0.1) is 0 Å². The number of benzene rings is 2. The van der Waals surface area contributed by atoms with Crippen LogP contribution in [0.3, 0.4) is 0 Å². The number of methoxy groups -OCH3 is 1. The number of anilines is 4. The van der Waals surface area contributed by atoms with E-state index in [4.69, 9.17) is 16.3 Å². The van der Waals surface area contributed by atoms with Gasteiger partial charge in [0.1, 0.15) is 10.8 Å². The summed E-state index contributed by atoms with van der Waals surface area (Å²) in [6.45, 7) is 0. The van der Waals surface area contributed by atoms with E-state index in [2.05, 4.69) is 20.6 Å². The Labute approximate surface area is 157 Å². The molecule has 0 saturated heterocycles. The van der Waals surface area contributed by atoms with Crippen LogP contribution in [0.25, 0.3) is 0 Å². The molecule has 7 nitrogen and oxygen atoms in total. The predicted octanol–water partition coefficient (Wildman–Crippen LogP) is 4.21. The van der Waals surface area contributed by atoms with E-state index in [1.54, 1.807) is 31.4 Å². The van der Waals surface area contributed by atoms with Gasteiger partial charge in [-0.2, -0.15) is 4.98 Å². The van der Waals surface area contributed by atoms with Gasteiger partial charge >= 0.3 is 0 Å². The molecule has 9 heteroatoms. The van der Waals surface area contributed by atoms with Gasteiger partial charge in [0.25, 0.3) is 0 Å². The molecule has 0 amide bonds. The average molecular weight is 391 g/mol. The van der Waals surface area contributed by atoms with E-state index in [9.17, 15) is 8.76 Å². The average Bonchev–Trinajstić information content (AvgIpc) is 2.65. The lowest BCUT2D eigenvalue weighted by atomic mass is 10.3. The second-order valence-electron chi connectivity index (χ2n) is 5.09. The topological polar surface area (TPSA) is 96.4 Å². The molecule has 0 radical (unpaired) electrons. The fraction of sp³-hybridized carbons (Fsp3) is 0.0588. The zero-order valence-corrected chi connectivity index (χ0v) is 15.2. The standard InChI is InChI=1S/C17H15ClN4O3S/c1-25-14-8-4-2-6-12(14)21-17-19-10-11(18)16(22-17)20-13-7-3-5-9-15(13)26(23)24/h2-10H,1H3,(H,23,24)(H2,19,20,21,22). The van der Waals surface area contributed by atoms with Gasteiger partial charge in [0, 0.05) is 0 Å². The number of nitrogens with zero attached hydrogens (tertiary/aromatic N) is 2. The molecule has 1 unspecified atom stereocenters. The van der Waals surface area contributed by atoms with Gasteiger partial charge in [-0.25, -0.2) is 9.19 Å². The maximum absolute atomic E-state index is 11.5. The van der Waals surface area contributed by atoms with Crippen molar-refractivity contribution in [2.24, 2.45) is 0 Å². The lowest BCUT2D eigenvalue weighted by Crippen LogP contribution is -2.04. The fourth-order valence-corrected chi connectivity index (χ4v) is 2.87. The van der Waals surface area contributed by atoms with E-state index < -0.39 is 11.1 Å². The zero-order chi connectivity index (χ0) is 18.5. The van der Waals surface area contributed by atoms with Crippen molar-refractivity contribution < 1.29 is 13.5 Å². The first kappa shape index (κ1) is 18.1. The van der Waals surface area contributed by atoms with Gasteiger partial charge in [-0.05, 0) is 24.3 Å². The first-order valence-electron chi connectivity index (χ1n) is 7.48. The molecule has 2 aromatic carbocycles. The molecule has 3 aromatic rings. The second kappa shape index (κ2) is 8.13. The van der Waals surface area contributed by atoms with E-state index >= 15 is 0 Å². The molecule has 1 atom stereocenters. The Morgan fingerprint density at radius 2 is 1.77 bits per heavy atom. The third kappa shape index (κ3) is 4.10. The molecule has 0 saturated carbocycles. The highest BCUT2D eigenvalue weighted by Crippen LogP contribution is 2.29. The van der Waals surface area contributed by atoms with Crippen molar-refractivity contribution >= 4 is 45.8 Å². The van der Waals surface area contributed by atoms with Crippen LogP contribution in [0.2, 0.25) is 5.02 Å². The van der Waals surface area contributed by atoms with E-state index in [1.807, 2.05) is 24.3 Å². The van der Waals surface area contributed by atoms with Crippen molar-refractivity contribution in [3.05, 3.63) is 59.8 Å². The van der Waals surface area contributed by atoms with Crippen LogP contribution >= 0.6 is 11.6 Å². The van der Waals surface area contributed by atoms with Gasteiger partial charge in [-0.3, -0.25) is 0 Å². The van der Waals surface area contributed by atoms with Crippen LogP contribution in [-0.2, 0) is 11.1 Å². The molecule has 0 aliphatic carbocycles. The summed E-state index contributed by atoms with van der Waals surface area (Å²) in [5.74, 6) is 1.24. The minimum atomic E-state index is -2.14. The first-order chi connectivity index (χ1) is 12.6. The molecule has 1 heterocycles. The van der Waals surface area contributed by atoms with Gasteiger partial charge in [0.15, 0.2) is 16.9 Å². The van der Waals surface area contributed by atoms with Crippen LogP contribution in [-0.4, -0.2) is 25.8 Å². The van der Waals surface area contributed by atoms with E-state index in [-0.39, 0.29) is 9.92 Å². The number of rotatable bonds is 6. The van der Waals surface area contributed by atoms with Crippen molar-refractivity contribution in [3.8, 4) is 5.75 Å². The number of hydrogen-bond acceptors (Lipinski definition) is 6. The van der Waals surface area contributed by atoms with Gasteiger partial charge < -0.3 is 19.9 Å². The number of ether oxygens (including phenoxy) is 1. The van der Waals surface area contributed by atoms with Crippen molar-refractivity contribution in [1.82, 2.24) is 9.97 Å². The number of para-hydroxylation sites is 3. The molecule has 26 heavy (non-hydrogen) atoms. The molecule has 0 aliphatic heterocycles. The number of halogens is 1. The Morgan fingerprint density at radius 3 is 2.50 bits per heavy atom. The highest BCUT2D eigenvalue weighted by atomic mass is 35.5. The molecule has 134 valence electrons. The maximum atomic E-state index is 11.5. The van der Waals surface area contributed by atoms with Gasteiger partial charge in [0.2, 0.25) is 5.95 Å². The highest BCUT2D eigenvalue weighted by Gasteiger charge is 2.12. The molecular formula is C17H15ClN4O3S. The molecule has 3 N–H and O–H groups in total. The number of nitrogens with one attached hydrogen (secondary N) is 2. The second-order valence-corrected chi connectivity index (χ2v) is 6.43. The Bertz CT molecular complexity index is 955. The van der Waals surface area contributed by atoms with Crippen LogP contribution in [0.5, 0.6) is 5.75 Å². The smallest absolute Gasteiger partial charge is 0.229 e. The Hall–Kier alpha value is -2.68. The summed E-state index contributed by atoms with van der Waals surface area (Å²) in [6, 6.07) is 14.0. The monoisotopic (exact) mass is 390 g/mol. The number of hydrogen-bond donors (Lipinski definition) is 3. The van der Waals surface area contributed by atoms with Crippen molar-refractivity contribution in [1.29, 1.82) is 0 Å². The maximum Gasteiger partial charge on any atom is 0.229 e. The summed E-state index contributed by atoms with van der Waals surface area (Å²) in [5.41, 5.74) is 1.12. The van der Waals surface area contributed by atoms with Gasteiger partial charge in [0.05, 0.1) is 29.6 Å². The zero-order valence-electron chi connectivity index (χ0n) is 13.6. The van der Waals surface area contributed by atoms with Crippen LogP contribution in [0.15, 0.2) is 59.6 Å². The molecule has 0 bridgehead atoms. The summed E-state index contributed by atoms with van der Waals surface area (Å²) in [7, 11) is 1.57. The molecule has 3 rings (SSSR count). The molecule has 1 aromatic heterocycles. The quantitative estimate of drug-likeness (QED) is 0.542. The van der Waals surface area contributed by atoms with Gasteiger partial charge in [-0.1, -0.05) is 35.9 Å². The van der Waals surface area contributed by atoms with E-state index in [1.165, 1.54) is 6.20 Å². The minimum absolute atomic E-state index is 0.224. The van der Waals surface area contributed by atoms with Crippen molar-refractivity contribution in [3.63, 3.8) is 0 Å². The minimum Gasteiger partial charge on any atom is -0.495 e. The summed E-state index contributed by atoms with van der Waals surface area (Å²) < 4.78 is 26.1. The SMILES string of the molecule is COc1ccccc1Nc1ncc(Cl)c(Nc2ccccc2S(=O)O)n1. The lowest BCUT2D eigenvalue weighted by molar-refractivity contribution is 0.417. The van der Waals surface area contributed by atoms with Crippen molar-refractivity contribution in [2.75, 3.05) is 17.7 Å². The van der Waals surface area contributed by atoms with E-state index in [0.717, 1.165) is 0 Å². The molecule has 0 aliphatic rings. The summed E-state index contributed by atoms with van der Waals surface area (Å²) in [6.07, 6.45) is 1.44. The molecular weight excluding hydrogens is 376 g/mol. The third-order valence-electron chi connectivity index (χ3n) is 3.43. The first-order valence-corrected chi connectivity index (χ1v) is 8.96. The van der Waals surface area contributed by atoms with Crippen LogP contribution in [0, 0.1) is 0 Å². The lowest BCUT2D eigenvalue weighted by Gasteiger charge is -2.13. The third-order valence-corrected chi connectivity index (χ3v) is 4.43. The molecule has 0 fully saturated rings. The summed E-state index contributed by atoms with van der Waals surface area (Å²) in [5, 5.41) is 6.30. The number of aromatic nitrogens is 2. The fourth-order valence-electron chi connectivity index (χ4n) is 2.23. The Kier molecular flexibility index (Phi) is 5.67. The van der Waals surface area contributed by atoms with E-state index in [0.29, 0.717) is 28.9 Å². The largest absolute Gasteiger partial charge is 0.495 e. The van der Waals surface area contributed by atoms with Crippen LogP contribution in [0.4, 0.5) is 23.1 Å². The predicted molar refractivity (Wildman–Crippen MR) is 102 cm³/mol. The van der Waals surface area contributed by atoms with Crippen molar-refractivity contribution in [2.45, 2.75) is 4.90 Å².